The summed E-state index contributed by atoms with van der Waals surface area (Å²) in [5.41, 5.74) is 0. The number of rotatable bonds is 16. The standard InChI is InChI=1S/C25H46O4Si/c1-8-9-10-11-13-16-19-22(26)23(29-30(6,7)25(2,3)4)20-17-14-12-15-18-21-24(27)28-5/h9-10,13,16,23H,8,11-12,14-15,17-21H2,1-7H3/b10-9-,16-13-. The average molecular weight is 439 g/mol. The monoisotopic (exact) mass is 438 g/mol. The minimum atomic E-state index is -2.00. The number of ketones is 1. The summed E-state index contributed by atoms with van der Waals surface area (Å²) in [5, 5.41) is 0.0835. The van der Waals surface area contributed by atoms with E-state index in [0.29, 0.717) is 12.8 Å². The van der Waals surface area contributed by atoms with Gasteiger partial charge in [0.25, 0.3) is 0 Å². The van der Waals surface area contributed by atoms with Crippen LogP contribution >= 0.6 is 0 Å². The number of hydrogen-bond acceptors (Lipinski definition) is 4. The number of allylic oxidation sites excluding steroid dienone is 4. The summed E-state index contributed by atoms with van der Waals surface area (Å²) in [5.74, 6) is 0.0582. The van der Waals surface area contributed by atoms with E-state index in [2.05, 4.69) is 63.8 Å². The van der Waals surface area contributed by atoms with Gasteiger partial charge in [0.05, 0.1) is 7.11 Å². The van der Waals surface area contributed by atoms with Gasteiger partial charge in [-0.25, -0.2) is 0 Å². The van der Waals surface area contributed by atoms with Crippen LogP contribution in [0, 0.1) is 0 Å². The highest BCUT2D eigenvalue weighted by Gasteiger charge is 2.40. The number of unbranched alkanes of at least 4 members (excludes halogenated alkanes) is 4. The molecule has 0 aliphatic carbocycles. The van der Waals surface area contributed by atoms with Gasteiger partial charge < -0.3 is 9.16 Å². The zero-order chi connectivity index (χ0) is 23.0. The molecule has 0 N–H and O–H groups in total. The van der Waals surface area contributed by atoms with Crippen molar-refractivity contribution in [3.8, 4) is 0 Å². The molecule has 1 atom stereocenters. The minimum Gasteiger partial charge on any atom is -0.469 e. The largest absolute Gasteiger partial charge is 0.469 e. The third-order valence-electron chi connectivity index (χ3n) is 5.84. The zero-order valence-electron chi connectivity index (χ0n) is 20.6. The molecule has 0 rings (SSSR count). The van der Waals surface area contributed by atoms with E-state index in [-0.39, 0.29) is 22.9 Å². The van der Waals surface area contributed by atoms with Gasteiger partial charge in [0.2, 0.25) is 0 Å². The Morgan fingerprint density at radius 3 is 2.13 bits per heavy atom. The second-order valence-electron chi connectivity index (χ2n) is 9.51. The van der Waals surface area contributed by atoms with Gasteiger partial charge in [-0.05, 0) is 43.8 Å². The van der Waals surface area contributed by atoms with Crippen LogP contribution in [0.5, 0.6) is 0 Å². The van der Waals surface area contributed by atoms with Crippen molar-refractivity contribution in [2.45, 2.75) is 116 Å². The van der Waals surface area contributed by atoms with Crippen LogP contribution in [0.4, 0.5) is 0 Å². The molecular weight excluding hydrogens is 392 g/mol. The second-order valence-corrected chi connectivity index (χ2v) is 14.3. The Balaban J connectivity index is 4.63. The number of methoxy groups -OCH3 is 1. The van der Waals surface area contributed by atoms with Gasteiger partial charge >= 0.3 is 5.97 Å². The predicted octanol–water partition coefficient (Wildman–Crippen LogP) is 7.15. The number of carbonyl (C=O) groups excluding carboxylic acids is 2. The number of esters is 1. The molecule has 4 nitrogen and oxygen atoms in total. The summed E-state index contributed by atoms with van der Waals surface area (Å²) in [6.45, 7) is 13.2. The van der Waals surface area contributed by atoms with Crippen molar-refractivity contribution in [3.05, 3.63) is 24.3 Å². The molecule has 5 heteroatoms. The minimum absolute atomic E-state index is 0.0835. The first-order chi connectivity index (χ1) is 14.0. The molecule has 0 aromatic carbocycles. The fourth-order valence-corrected chi connectivity index (χ4v) is 4.13. The van der Waals surface area contributed by atoms with E-state index in [1.54, 1.807) is 0 Å². The molecule has 0 fully saturated rings. The number of carbonyl (C=O) groups is 2. The van der Waals surface area contributed by atoms with Crippen LogP contribution < -0.4 is 0 Å². The second kappa shape index (κ2) is 15.6. The summed E-state index contributed by atoms with van der Waals surface area (Å²) in [4.78, 5) is 24.0. The lowest BCUT2D eigenvalue weighted by molar-refractivity contribution is -0.140. The van der Waals surface area contributed by atoms with Crippen LogP contribution in [0.2, 0.25) is 18.1 Å². The molecule has 30 heavy (non-hydrogen) atoms. The Morgan fingerprint density at radius 1 is 0.933 bits per heavy atom. The topological polar surface area (TPSA) is 52.6 Å². The predicted molar refractivity (Wildman–Crippen MR) is 129 cm³/mol. The summed E-state index contributed by atoms with van der Waals surface area (Å²) in [7, 11) is -0.572. The molecule has 0 aromatic rings. The maximum absolute atomic E-state index is 12.9. The molecule has 174 valence electrons. The van der Waals surface area contributed by atoms with E-state index in [4.69, 9.17) is 4.43 Å². The van der Waals surface area contributed by atoms with Crippen molar-refractivity contribution in [3.63, 3.8) is 0 Å². The van der Waals surface area contributed by atoms with Crippen molar-refractivity contribution in [2.24, 2.45) is 0 Å². The Bertz CT molecular complexity index is 544. The lowest BCUT2D eigenvalue weighted by atomic mass is 10.0. The van der Waals surface area contributed by atoms with E-state index in [9.17, 15) is 9.59 Å². The molecule has 0 saturated heterocycles. The van der Waals surface area contributed by atoms with Crippen molar-refractivity contribution >= 4 is 20.1 Å². The Morgan fingerprint density at radius 2 is 1.53 bits per heavy atom. The summed E-state index contributed by atoms with van der Waals surface area (Å²) in [6, 6.07) is 0. The molecule has 0 aliphatic rings. The van der Waals surface area contributed by atoms with E-state index in [1.165, 1.54) is 7.11 Å². The first-order valence-corrected chi connectivity index (χ1v) is 14.5. The maximum atomic E-state index is 12.9. The summed E-state index contributed by atoms with van der Waals surface area (Å²) < 4.78 is 11.2. The third-order valence-corrected chi connectivity index (χ3v) is 10.3. The zero-order valence-corrected chi connectivity index (χ0v) is 21.6. The molecule has 1 unspecified atom stereocenters. The molecule has 0 amide bonds. The van der Waals surface area contributed by atoms with Crippen LogP contribution in [-0.4, -0.2) is 33.3 Å². The molecule has 0 saturated carbocycles. The van der Waals surface area contributed by atoms with Crippen molar-refractivity contribution in [1.29, 1.82) is 0 Å². The van der Waals surface area contributed by atoms with Crippen molar-refractivity contribution in [1.82, 2.24) is 0 Å². The number of Topliss-reactive ketones (excluding diaryl/α,β-unsaturated/α-hetero) is 1. The van der Waals surface area contributed by atoms with Gasteiger partial charge in [0, 0.05) is 12.8 Å². The van der Waals surface area contributed by atoms with Crippen LogP contribution in [-0.2, 0) is 18.8 Å². The SMILES string of the molecule is CC/C=C\C/C=C\CC(=O)C(CCCCCCCC(=O)OC)O[Si](C)(C)C(C)(C)C. The van der Waals surface area contributed by atoms with E-state index in [0.717, 1.165) is 51.4 Å². The molecule has 0 bridgehead atoms. The van der Waals surface area contributed by atoms with Gasteiger partial charge in [-0.1, -0.05) is 77.7 Å². The lowest BCUT2D eigenvalue weighted by Crippen LogP contribution is -2.46. The van der Waals surface area contributed by atoms with Crippen molar-refractivity contribution in [2.75, 3.05) is 7.11 Å². The average Bonchev–Trinajstić information content (AvgIpc) is 2.67. The Kier molecular flexibility index (Phi) is 15.0. The maximum Gasteiger partial charge on any atom is 0.305 e. The number of hydrogen-bond donors (Lipinski definition) is 0. The lowest BCUT2D eigenvalue weighted by Gasteiger charge is -2.39. The number of ether oxygens (including phenoxy) is 1. The highest BCUT2D eigenvalue weighted by Crippen LogP contribution is 2.38. The van der Waals surface area contributed by atoms with Crippen LogP contribution in [0.25, 0.3) is 0 Å². The van der Waals surface area contributed by atoms with Crippen LogP contribution in [0.1, 0.15) is 91.9 Å². The van der Waals surface area contributed by atoms with Gasteiger partial charge in [-0.15, -0.1) is 0 Å². The van der Waals surface area contributed by atoms with Gasteiger partial charge in [-0.2, -0.15) is 0 Å². The summed E-state index contributed by atoms with van der Waals surface area (Å²) >= 11 is 0. The van der Waals surface area contributed by atoms with Gasteiger partial charge in [0.1, 0.15) is 6.10 Å². The normalized spacial score (nSPS) is 13.8. The molecule has 0 radical (unpaired) electrons. The van der Waals surface area contributed by atoms with E-state index >= 15 is 0 Å². The molecule has 0 aliphatic heterocycles. The van der Waals surface area contributed by atoms with Crippen molar-refractivity contribution < 1.29 is 18.8 Å². The van der Waals surface area contributed by atoms with E-state index < -0.39 is 8.32 Å². The summed E-state index contributed by atoms with van der Waals surface area (Å²) in [6.07, 6.45) is 16.6. The Hall–Kier alpha value is -1.20. The quantitative estimate of drug-likeness (QED) is 0.111. The molecule has 0 aromatic heterocycles. The van der Waals surface area contributed by atoms with Gasteiger partial charge in [0.15, 0.2) is 14.1 Å². The Labute approximate surface area is 186 Å². The molecule has 0 heterocycles. The highest BCUT2D eigenvalue weighted by atomic mass is 28.4. The van der Waals surface area contributed by atoms with Gasteiger partial charge in [-0.3, -0.25) is 9.59 Å². The van der Waals surface area contributed by atoms with Crippen LogP contribution in [0.15, 0.2) is 24.3 Å². The smallest absolute Gasteiger partial charge is 0.305 e. The fraction of sp³-hybridized carbons (Fsp3) is 0.760. The molecular formula is C25H46O4Si. The first-order valence-electron chi connectivity index (χ1n) is 11.6. The molecule has 0 spiro atoms. The van der Waals surface area contributed by atoms with Crippen LogP contribution in [0.3, 0.4) is 0 Å². The first kappa shape index (κ1) is 28.8. The van der Waals surface area contributed by atoms with E-state index in [1.807, 2.05) is 6.08 Å². The fourth-order valence-electron chi connectivity index (χ4n) is 2.82. The highest BCUT2D eigenvalue weighted by molar-refractivity contribution is 6.74. The third kappa shape index (κ3) is 13.2.